The number of benzene rings is 1. The minimum atomic E-state index is -0.400. The average molecular weight is 365 g/mol. The molecule has 6 heteroatoms. The number of pyridine rings is 1. The van der Waals surface area contributed by atoms with E-state index >= 15 is 0 Å². The van der Waals surface area contributed by atoms with Crippen LogP contribution in [-0.2, 0) is 9.53 Å². The molecule has 1 aromatic carbocycles. The van der Waals surface area contributed by atoms with Gasteiger partial charge in [-0.25, -0.2) is 0 Å². The minimum Gasteiger partial charge on any atom is -0.363 e. The Bertz CT molecular complexity index is 812. The average Bonchev–Trinajstić information content (AvgIpc) is 2.93. The summed E-state index contributed by atoms with van der Waals surface area (Å²) >= 11 is 0. The third kappa shape index (κ3) is 3.71. The summed E-state index contributed by atoms with van der Waals surface area (Å²) < 4.78 is 6.04. The van der Waals surface area contributed by atoms with Crippen LogP contribution in [0.2, 0.25) is 0 Å². The lowest BCUT2D eigenvalue weighted by molar-refractivity contribution is -0.140. The Morgan fingerprint density at radius 2 is 1.85 bits per heavy atom. The largest absolute Gasteiger partial charge is 0.363 e. The molecule has 3 heterocycles. The second kappa shape index (κ2) is 7.48. The molecule has 1 unspecified atom stereocenters. The first-order chi connectivity index (χ1) is 13.2. The van der Waals surface area contributed by atoms with Gasteiger partial charge in [-0.2, -0.15) is 0 Å². The van der Waals surface area contributed by atoms with Crippen LogP contribution >= 0.6 is 0 Å². The number of rotatable bonds is 2. The van der Waals surface area contributed by atoms with Gasteiger partial charge in [-0.15, -0.1) is 0 Å². The molecule has 1 spiro atoms. The molecule has 2 aliphatic heterocycles. The smallest absolute Gasteiger partial charge is 0.272 e. The summed E-state index contributed by atoms with van der Waals surface area (Å²) in [4.78, 5) is 33.0. The Morgan fingerprint density at radius 1 is 1.04 bits per heavy atom. The molecule has 2 fully saturated rings. The maximum Gasteiger partial charge on any atom is 0.272 e. The van der Waals surface area contributed by atoms with Crippen LogP contribution in [0, 0.1) is 0 Å². The van der Waals surface area contributed by atoms with Crippen molar-refractivity contribution in [2.75, 3.05) is 31.1 Å². The number of para-hydroxylation sites is 1. The van der Waals surface area contributed by atoms with Gasteiger partial charge in [-0.1, -0.05) is 24.3 Å². The number of likely N-dealkylation sites (tertiary alicyclic amines) is 1. The third-order valence-electron chi connectivity index (χ3n) is 5.39. The standard InChI is InChI=1S/C21H23N3O3/c25-19-15-27-21(16-24(19)17-7-2-1-3-8-17)10-6-13-23(14-11-21)20(26)18-9-4-5-12-22-18/h1-5,7-9,12H,6,10-11,13-16H2. The fraction of sp³-hybridized carbons (Fsp3) is 0.381. The van der Waals surface area contributed by atoms with Crippen LogP contribution in [0.3, 0.4) is 0 Å². The Balaban J connectivity index is 1.48. The Morgan fingerprint density at radius 3 is 2.63 bits per heavy atom. The number of carbonyl (C=O) groups excluding carboxylic acids is 2. The van der Waals surface area contributed by atoms with E-state index in [2.05, 4.69) is 4.98 Å². The first kappa shape index (κ1) is 17.7. The van der Waals surface area contributed by atoms with E-state index < -0.39 is 5.60 Å². The van der Waals surface area contributed by atoms with E-state index in [1.165, 1.54) is 0 Å². The predicted octanol–water partition coefficient (Wildman–Crippen LogP) is 2.51. The summed E-state index contributed by atoms with van der Waals surface area (Å²) in [6.45, 7) is 1.90. The Labute approximate surface area is 158 Å². The number of hydrogen-bond donors (Lipinski definition) is 0. The molecule has 2 saturated heterocycles. The van der Waals surface area contributed by atoms with Gasteiger partial charge in [0.1, 0.15) is 12.3 Å². The van der Waals surface area contributed by atoms with E-state index in [1.54, 1.807) is 18.3 Å². The summed E-state index contributed by atoms with van der Waals surface area (Å²) in [5.41, 5.74) is 0.970. The second-order valence-corrected chi connectivity index (χ2v) is 7.15. The van der Waals surface area contributed by atoms with E-state index in [1.807, 2.05) is 46.2 Å². The molecule has 2 aromatic rings. The van der Waals surface area contributed by atoms with Crippen molar-refractivity contribution in [2.24, 2.45) is 0 Å². The second-order valence-electron chi connectivity index (χ2n) is 7.15. The van der Waals surface area contributed by atoms with Crippen LogP contribution in [0.15, 0.2) is 54.7 Å². The first-order valence-corrected chi connectivity index (χ1v) is 9.37. The molecule has 6 nitrogen and oxygen atoms in total. The lowest BCUT2D eigenvalue weighted by Gasteiger charge is -2.42. The summed E-state index contributed by atoms with van der Waals surface area (Å²) in [5, 5.41) is 0. The van der Waals surface area contributed by atoms with Crippen molar-refractivity contribution in [1.82, 2.24) is 9.88 Å². The van der Waals surface area contributed by atoms with E-state index in [9.17, 15) is 9.59 Å². The molecule has 4 rings (SSSR count). The molecule has 140 valence electrons. The van der Waals surface area contributed by atoms with Gasteiger partial charge in [0, 0.05) is 25.0 Å². The van der Waals surface area contributed by atoms with Gasteiger partial charge in [0.25, 0.3) is 11.8 Å². The zero-order chi connectivity index (χ0) is 18.7. The third-order valence-corrected chi connectivity index (χ3v) is 5.39. The Kier molecular flexibility index (Phi) is 4.90. The van der Waals surface area contributed by atoms with Crippen molar-refractivity contribution < 1.29 is 14.3 Å². The molecule has 0 bridgehead atoms. The van der Waals surface area contributed by atoms with E-state index in [0.717, 1.165) is 18.5 Å². The van der Waals surface area contributed by atoms with Gasteiger partial charge in [0.15, 0.2) is 0 Å². The maximum atomic E-state index is 12.7. The SMILES string of the molecule is O=C(c1ccccn1)N1CCCC2(CC1)CN(c1ccccc1)C(=O)CO2. The summed E-state index contributed by atoms with van der Waals surface area (Å²) in [7, 11) is 0. The molecule has 0 saturated carbocycles. The molecule has 2 aliphatic rings. The number of anilines is 1. The topological polar surface area (TPSA) is 62.7 Å². The molecule has 1 aromatic heterocycles. The number of ether oxygens (including phenoxy) is 1. The monoisotopic (exact) mass is 365 g/mol. The highest BCUT2D eigenvalue weighted by Crippen LogP contribution is 2.33. The molecule has 0 N–H and O–H groups in total. The van der Waals surface area contributed by atoms with Gasteiger partial charge in [0.2, 0.25) is 0 Å². The minimum absolute atomic E-state index is 0.0162. The number of hydrogen-bond acceptors (Lipinski definition) is 4. The van der Waals surface area contributed by atoms with Crippen LogP contribution in [0.4, 0.5) is 5.69 Å². The van der Waals surface area contributed by atoms with E-state index in [-0.39, 0.29) is 18.4 Å². The normalized spacial score (nSPS) is 23.3. The highest BCUT2D eigenvalue weighted by molar-refractivity contribution is 5.95. The molecule has 27 heavy (non-hydrogen) atoms. The zero-order valence-corrected chi connectivity index (χ0v) is 15.2. The molecular weight excluding hydrogens is 342 g/mol. The summed E-state index contributed by atoms with van der Waals surface area (Å²) in [5.74, 6) is -0.0584. The van der Waals surface area contributed by atoms with Crippen molar-refractivity contribution in [1.29, 1.82) is 0 Å². The lowest BCUT2D eigenvalue weighted by atomic mass is 9.92. The maximum absolute atomic E-state index is 12.7. The number of nitrogens with zero attached hydrogens (tertiary/aromatic N) is 3. The quantitative estimate of drug-likeness (QED) is 0.820. The summed E-state index contributed by atoms with van der Waals surface area (Å²) in [6, 6.07) is 15.1. The molecule has 0 radical (unpaired) electrons. The zero-order valence-electron chi connectivity index (χ0n) is 15.2. The van der Waals surface area contributed by atoms with Gasteiger partial charge >= 0.3 is 0 Å². The number of aromatic nitrogens is 1. The van der Waals surface area contributed by atoms with Crippen LogP contribution < -0.4 is 4.90 Å². The van der Waals surface area contributed by atoms with Crippen LogP contribution in [-0.4, -0.2) is 53.5 Å². The van der Waals surface area contributed by atoms with Crippen molar-refractivity contribution >= 4 is 17.5 Å². The highest BCUT2D eigenvalue weighted by atomic mass is 16.5. The fourth-order valence-electron chi connectivity index (χ4n) is 3.88. The van der Waals surface area contributed by atoms with Crippen LogP contribution in [0.1, 0.15) is 29.8 Å². The van der Waals surface area contributed by atoms with Crippen molar-refractivity contribution in [3.8, 4) is 0 Å². The summed E-state index contributed by atoms with van der Waals surface area (Å²) in [6.07, 6.45) is 4.02. The fourth-order valence-corrected chi connectivity index (χ4v) is 3.88. The van der Waals surface area contributed by atoms with Crippen LogP contribution in [0.25, 0.3) is 0 Å². The van der Waals surface area contributed by atoms with Gasteiger partial charge < -0.3 is 14.5 Å². The van der Waals surface area contributed by atoms with Gasteiger partial charge in [-0.05, 0) is 43.5 Å². The Hall–Kier alpha value is -2.73. The van der Waals surface area contributed by atoms with Crippen molar-refractivity contribution in [3.63, 3.8) is 0 Å². The van der Waals surface area contributed by atoms with Crippen molar-refractivity contribution in [2.45, 2.75) is 24.9 Å². The number of carbonyl (C=O) groups is 2. The highest BCUT2D eigenvalue weighted by Gasteiger charge is 2.42. The van der Waals surface area contributed by atoms with E-state index in [4.69, 9.17) is 4.74 Å². The predicted molar refractivity (Wildman–Crippen MR) is 101 cm³/mol. The molecular formula is C21H23N3O3. The molecule has 0 aliphatic carbocycles. The number of amides is 2. The number of morpholine rings is 1. The van der Waals surface area contributed by atoms with Gasteiger partial charge in [-0.3, -0.25) is 14.6 Å². The van der Waals surface area contributed by atoms with Gasteiger partial charge in [0.05, 0.1) is 12.1 Å². The first-order valence-electron chi connectivity index (χ1n) is 9.37. The van der Waals surface area contributed by atoms with Crippen LogP contribution in [0.5, 0.6) is 0 Å². The molecule has 1 atom stereocenters. The molecule has 2 amide bonds. The van der Waals surface area contributed by atoms with E-state index in [0.29, 0.717) is 31.7 Å². The van der Waals surface area contributed by atoms with Crippen molar-refractivity contribution in [3.05, 3.63) is 60.4 Å². The lowest BCUT2D eigenvalue weighted by Crippen LogP contribution is -2.55.